The van der Waals surface area contributed by atoms with Crippen LogP contribution in [-0.2, 0) is 5.66 Å². The van der Waals surface area contributed by atoms with Gasteiger partial charge in [0.15, 0.2) is 0 Å². The van der Waals surface area contributed by atoms with E-state index in [2.05, 4.69) is 93.8 Å². The summed E-state index contributed by atoms with van der Waals surface area (Å²) < 4.78 is 0. The molecule has 2 aromatic rings. The summed E-state index contributed by atoms with van der Waals surface area (Å²) in [7, 11) is 0. The Hall–Kier alpha value is -3.52. The summed E-state index contributed by atoms with van der Waals surface area (Å²) in [5, 5.41) is 0. The average molecular weight is 405 g/mol. The highest BCUT2D eigenvalue weighted by molar-refractivity contribution is 6.55. The van der Waals surface area contributed by atoms with Crippen LogP contribution in [0.1, 0.15) is 42.5 Å². The summed E-state index contributed by atoms with van der Waals surface area (Å²) in [6, 6.07) is 16.9. The number of hydrogen-bond donors (Lipinski definition) is 0. The third-order valence-electron chi connectivity index (χ3n) is 5.81. The molecule has 0 aromatic heterocycles. The first-order valence-corrected chi connectivity index (χ1v) is 10.8. The minimum absolute atomic E-state index is 0.828. The molecule has 1 spiro atoms. The normalized spacial score (nSPS) is 20.3. The zero-order valence-electron chi connectivity index (χ0n) is 18.5. The van der Waals surface area contributed by atoms with Gasteiger partial charge in [-0.2, -0.15) is 0 Å². The molecular formula is C29H28N2. The first-order valence-electron chi connectivity index (χ1n) is 10.8. The maximum Gasteiger partial charge on any atom is 0.204 e. The molecule has 0 radical (unpaired) electrons. The molecule has 2 aromatic carbocycles. The molecule has 2 aliphatic rings. The minimum Gasteiger partial charge on any atom is -0.243 e. The molecule has 31 heavy (non-hydrogen) atoms. The van der Waals surface area contributed by atoms with Gasteiger partial charge in [0, 0.05) is 16.7 Å². The standard InChI is InChI=1S/C29H28N2/c1-6-12-21(13-7-2)27-28(22-18-16-20(5)17-19-22)31-29(30-27)25(9-4)23(8-3)24-14-10-11-15-26(24)29/h6,8-19H,3-4,7H2,1-2,5H3/b12-6-,21-13+. The van der Waals surface area contributed by atoms with Gasteiger partial charge in [-0.3, -0.25) is 0 Å². The molecule has 0 saturated carbocycles. The molecule has 1 heterocycles. The Kier molecular flexibility index (Phi) is 5.56. The van der Waals surface area contributed by atoms with Crippen LogP contribution in [0.2, 0.25) is 0 Å². The van der Waals surface area contributed by atoms with Gasteiger partial charge in [-0.05, 0) is 37.0 Å². The molecule has 154 valence electrons. The third-order valence-corrected chi connectivity index (χ3v) is 5.81. The maximum absolute atomic E-state index is 5.35. The van der Waals surface area contributed by atoms with Gasteiger partial charge >= 0.3 is 0 Å². The van der Waals surface area contributed by atoms with Crippen molar-refractivity contribution in [1.29, 1.82) is 0 Å². The third kappa shape index (κ3) is 3.29. The topological polar surface area (TPSA) is 24.7 Å². The van der Waals surface area contributed by atoms with Crippen molar-refractivity contribution in [3.63, 3.8) is 0 Å². The number of hydrogen-bond acceptors (Lipinski definition) is 2. The summed E-state index contributed by atoms with van der Waals surface area (Å²) in [5.41, 5.74) is 8.63. The van der Waals surface area contributed by atoms with E-state index < -0.39 is 5.66 Å². The number of nitrogens with zero attached hydrogens (tertiary/aromatic N) is 2. The fraction of sp³-hybridized carbons (Fsp3) is 0.172. The Bertz CT molecular complexity index is 1200. The van der Waals surface area contributed by atoms with E-state index in [0.717, 1.165) is 51.3 Å². The monoisotopic (exact) mass is 404 g/mol. The van der Waals surface area contributed by atoms with Crippen LogP contribution >= 0.6 is 0 Å². The molecule has 1 aliphatic heterocycles. The summed E-state index contributed by atoms with van der Waals surface area (Å²) in [5.74, 6) is 0. The highest BCUT2D eigenvalue weighted by Gasteiger charge is 2.47. The van der Waals surface area contributed by atoms with Crippen LogP contribution in [0.5, 0.6) is 0 Å². The Balaban J connectivity index is 2.06. The van der Waals surface area contributed by atoms with Crippen LogP contribution in [0.15, 0.2) is 113 Å². The van der Waals surface area contributed by atoms with E-state index in [1.54, 1.807) is 0 Å². The van der Waals surface area contributed by atoms with Crippen LogP contribution < -0.4 is 0 Å². The highest BCUT2D eigenvalue weighted by atomic mass is 15.2. The van der Waals surface area contributed by atoms with Crippen molar-refractivity contribution in [3.8, 4) is 0 Å². The predicted octanol–water partition coefficient (Wildman–Crippen LogP) is 7.14. The van der Waals surface area contributed by atoms with Gasteiger partial charge in [-0.15, -0.1) is 0 Å². The van der Waals surface area contributed by atoms with Crippen molar-refractivity contribution in [3.05, 3.63) is 125 Å². The first kappa shape index (κ1) is 20.7. The molecule has 0 N–H and O–H groups in total. The number of allylic oxidation sites excluding steroid dienone is 6. The zero-order chi connectivity index (χ0) is 22.0. The smallest absolute Gasteiger partial charge is 0.204 e. The molecular weight excluding hydrogens is 376 g/mol. The lowest BCUT2D eigenvalue weighted by Crippen LogP contribution is -2.18. The van der Waals surface area contributed by atoms with Gasteiger partial charge in [-0.1, -0.05) is 105 Å². The summed E-state index contributed by atoms with van der Waals surface area (Å²) in [4.78, 5) is 10.7. The predicted molar refractivity (Wildman–Crippen MR) is 134 cm³/mol. The second-order valence-corrected chi connectivity index (χ2v) is 7.81. The van der Waals surface area contributed by atoms with E-state index in [4.69, 9.17) is 9.98 Å². The molecule has 1 aliphatic carbocycles. The number of fused-ring (bicyclic) bond motifs is 2. The quantitative estimate of drug-likeness (QED) is 0.457. The Labute approximate surface area is 185 Å². The number of benzene rings is 2. The van der Waals surface area contributed by atoms with E-state index in [1.165, 1.54) is 5.56 Å². The van der Waals surface area contributed by atoms with Gasteiger partial charge < -0.3 is 0 Å². The van der Waals surface area contributed by atoms with E-state index in [0.29, 0.717) is 0 Å². The minimum atomic E-state index is -0.828. The fourth-order valence-electron chi connectivity index (χ4n) is 4.42. The molecule has 1 unspecified atom stereocenters. The molecule has 2 nitrogen and oxygen atoms in total. The van der Waals surface area contributed by atoms with Crippen molar-refractivity contribution in [2.45, 2.75) is 32.9 Å². The van der Waals surface area contributed by atoms with Gasteiger partial charge in [0.25, 0.3) is 0 Å². The lowest BCUT2D eigenvalue weighted by molar-refractivity contribution is 0.600. The van der Waals surface area contributed by atoms with Crippen molar-refractivity contribution < 1.29 is 0 Å². The Morgan fingerprint density at radius 3 is 2.39 bits per heavy atom. The molecule has 2 heteroatoms. The van der Waals surface area contributed by atoms with E-state index in [9.17, 15) is 0 Å². The van der Waals surface area contributed by atoms with Gasteiger partial charge in [0.1, 0.15) is 0 Å². The first-order chi connectivity index (χ1) is 15.1. The van der Waals surface area contributed by atoms with Crippen LogP contribution in [0, 0.1) is 6.92 Å². The molecule has 4 rings (SSSR count). The summed E-state index contributed by atoms with van der Waals surface area (Å²) in [6.07, 6.45) is 11.1. The lowest BCUT2D eigenvalue weighted by atomic mass is 9.97. The van der Waals surface area contributed by atoms with Crippen molar-refractivity contribution in [1.82, 2.24) is 0 Å². The van der Waals surface area contributed by atoms with Crippen LogP contribution in [0.3, 0.4) is 0 Å². The molecule has 1 atom stereocenters. The van der Waals surface area contributed by atoms with Crippen LogP contribution in [0.25, 0.3) is 5.57 Å². The van der Waals surface area contributed by atoms with Crippen LogP contribution in [0.4, 0.5) is 0 Å². The number of aryl methyl sites for hydroxylation is 1. The molecule has 0 saturated heterocycles. The van der Waals surface area contributed by atoms with Gasteiger partial charge in [0.05, 0.1) is 11.4 Å². The highest BCUT2D eigenvalue weighted by Crippen LogP contribution is 2.51. The SMILES string of the molecule is C=CC1=C(C=C)C2(N=C(C(/C=C\C)=C/CC)C(c3ccc(C)cc3)=N2)c2ccccc21. The van der Waals surface area contributed by atoms with Crippen molar-refractivity contribution >= 4 is 17.0 Å². The average Bonchev–Trinajstić information content (AvgIpc) is 3.30. The van der Waals surface area contributed by atoms with E-state index >= 15 is 0 Å². The van der Waals surface area contributed by atoms with E-state index in [-0.39, 0.29) is 0 Å². The number of aliphatic imine (C=N–C) groups is 2. The van der Waals surface area contributed by atoms with Gasteiger partial charge in [0.2, 0.25) is 5.66 Å². The second-order valence-electron chi connectivity index (χ2n) is 7.81. The van der Waals surface area contributed by atoms with Crippen molar-refractivity contribution in [2.24, 2.45) is 9.98 Å². The summed E-state index contributed by atoms with van der Waals surface area (Å²) >= 11 is 0. The largest absolute Gasteiger partial charge is 0.243 e. The second kappa shape index (κ2) is 8.31. The number of rotatable bonds is 6. The molecule has 0 fully saturated rings. The van der Waals surface area contributed by atoms with Crippen LogP contribution in [-0.4, -0.2) is 11.4 Å². The fourth-order valence-corrected chi connectivity index (χ4v) is 4.42. The maximum atomic E-state index is 5.35. The Morgan fingerprint density at radius 2 is 1.74 bits per heavy atom. The summed E-state index contributed by atoms with van der Waals surface area (Å²) in [6.45, 7) is 14.5. The molecule has 0 bridgehead atoms. The zero-order valence-corrected chi connectivity index (χ0v) is 18.5. The lowest BCUT2D eigenvalue weighted by Gasteiger charge is -2.21. The Morgan fingerprint density at radius 1 is 1.00 bits per heavy atom. The molecule has 0 amide bonds. The van der Waals surface area contributed by atoms with E-state index in [1.807, 2.05) is 19.1 Å². The van der Waals surface area contributed by atoms with Gasteiger partial charge in [-0.25, -0.2) is 9.98 Å². The van der Waals surface area contributed by atoms with Crippen molar-refractivity contribution in [2.75, 3.05) is 0 Å².